The van der Waals surface area contributed by atoms with Crippen molar-refractivity contribution in [2.24, 2.45) is 5.41 Å². The van der Waals surface area contributed by atoms with Crippen molar-refractivity contribution in [2.45, 2.75) is 25.7 Å². The van der Waals surface area contributed by atoms with Crippen LogP contribution >= 0.6 is 15.9 Å². The second kappa shape index (κ2) is 4.75. The summed E-state index contributed by atoms with van der Waals surface area (Å²) in [5.74, 6) is -0.160. The molecule has 0 bridgehead atoms. The monoisotopic (exact) mass is 270 g/mol. The molecule has 0 fully saturated rings. The highest BCUT2D eigenvalue weighted by Crippen LogP contribution is 2.23. The van der Waals surface area contributed by atoms with Crippen molar-refractivity contribution in [2.75, 3.05) is 0 Å². The van der Waals surface area contributed by atoms with E-state index in [1.54, 1.807) is 24.4 Å². The second-order valence-corrected chi connectivity index (χ2v) is 5.33. The van der Waals surface area contributed by atoms with E-state index in [4.69, 9.17) is 0 Å². The van der Waals surface area contributed by atoms with Crippen LogP contribution in [-0.2, 0) is 0 Å². The second-order valence-electron chi connectivity index (χ2n) is 4.42. The third-order valence-corrected chi connectivity index (χ3v) is 3.52. The summed E-state index contributed by atoms with van der Waals surface area (Å²) >= 11 is 3.44. The van der Waals surface area contributed by atoms with Gasteiger partial charge in [-0.25, -0.2) is 0 Å². The van der Waals surface area contributed by atoms with Crippen molar-refractivity contribution in [3.8, 4) is 0 Å². The van der Waals surface area contributed by atoms with Gasteiger partial charge in [0.1, 0.15) is 5.69 Å². The first kappa shape index (κ1) is 12.2. The molecule has 0 radical (unpaired) electrons. The molecule has 0 aliphatic heterocycles. The Morgan fingerprint density at radius 2 is 2.13 bits per heavy atom. The van der Waals surface area contributed by atoms with E-state index in [2.05, 4.69) is 26.2 Å². The molecule has 1 atom stereocenters. The molecule has 15 heavy (non-hydrogen) atoms. The summed E-state index contributed by atoms with van der Waals surface area (Å²) in [6.07, 6.45) is 1.61. The summed E-state index contributed by atoms with van der Waals surface area (Å²) < 4.78 is 0. The predicted octanol–water partition coefficient (Wildman–Crippen LogP) is 2.58. The highest BCUT2D eigenvalue weighted by atomic mass is 79.9. The van der Waals surface area contributed by atoms with Crippen LogP contribution in [0, 0.1) is 5.41 Å². The van der Waals surface area contributed by atoms with E-state index in [-0.39, 0.29) is 16.3 Å². The van der Waals surface area contributed by atoms with Crippen molar-refractivity contribution in [3.63, 3.8) is 0 Å². The number of halogens is 1. The number of carbonyl (C=O) groups excluding carboxylic acids is 1. The molecule has 82 valence electrons. The van der Waals surface area contributed by atoms with Crippen LogP contribution in [0.2, 0.25) is 0 Å². The van der Waals surface area contributed by atoms with E-state index in [0.29, 0.717) is 5.69 Å². The third kappa shape index (κ3) is 3.63. The molecule has 1 N–H and O–H groups in total. The lowest BCUT2D eigenvalue weighted by Gasteiger charge is -2.26. The van der Waals surface area contributed by atoms with E-state index in [1.807, 2.05) is 20.8 Å². The Morgan fingerprint density at radius 1 is 1.47 bits per heavy atom. The number of aromatic nitrogens is 1. The number of rotatable bonds is 2. The smallest absolute Gasteiger partial charge is 0.270 e. The summed E-state index contributed by atoms with van der Waals surface area (Å²) in [7, 11) is 0. The Morgan fingerprint density at radius 3 is 2.60 bits per heavy atom. The summed E-state index contributed by atoms with van der Waals surface area (Å²) in [4.78, 5) is 15.6. The van der Waals surface area contributed by atoms with E-state index >= 15 is 0 Å². The number of nitrogens with one attached hydrogen (secondary N) is 1. The zero-order valence-corrected chi connectivity index (χ0v) is 10.7. The van der Waals surface area contributed by atoms with Crippen molar-refractivity contribution in [1.82, 2.24) is 10.3 Å². The van der Waals surface area contributed by atoms with Gasteiger partial charge in [0.15, 0.2) is 0 Å². The minimum absolute atomic E-state index is 0.0234. The number of pyridine rings is 1. The third-order valence-electron chi connectivity index (χ3n) is 1.92. The lowest BCUT2D eigenvalue weighted by Crippen LogP contribution is -2.39. The zero-order chi connectivity index (χ0) is 11.5. The van der Waals surface area contributed by atoms with Crippen LogP contribution < -0.4 is 5.32 Å². The molecule has 3 nitrogen and oxygen atoms in total. The average Bonchev–Trinajstić information content (AvgIpc) is 2.17. The van der Waals surface area contributed by atoms with E-state index in [1.165, 1.54) is 0 Å². The SMILES string of the molecule is CC(C)(C)C(Br)NC(=O)c1ccccn1. The van der Waals surface area contributed by atoms with Gasteiger partial charge in [-0.2, -0.15) is 0 Å². The van der Waals surface area contributed by atoms with E-state index in [0.717, 1.165) is 0 Å². The minimum atomic E-state index is -0.160. The largest absolute Gasteiger partial charge is 0.338 e. The maximum absolute atomic E-state index is 11.7. The molecule has 0 aromatic carbocycles. The first-order chi connectivity index (χ1) is 6.91. The Bertz CT molecular complexity index is 332. The van der Waals surface area contributed by atoms with Crippen LogP contribution in [-0.4, -0.2) is 15.8 Å². The van der Waals surface area contributed by atoms with Gasteiger partial charge in [-0.15, -0.1) is 0 Å². The Labute approximate surface area is 98.4 Å². The fraction of sp³-hybridized carbons (Fsp3) is 0.455. The highest BCUT2D eigenvalue weighted by molar-refractivity contribution is 9.09. The van der Waals surface area contributed by atoms with Crippen molar-refractivity contribution in [1.29, 1.82) is 0 Å². The van der Waals surface area contributed by atoms with Gasteiger partial charge >= 0.3 is 0 Å². The van der Waals surface area contributed by atoms with Crippen molar-refractivity contribution >= 4 is 21.8 Å². The van der Waals surface area contributed by atoms with Gasteiger partial charge in [0.25, 0.3) is 5.91 Å². The molecule has 0 saturated heterocycles. The zero-order valence-electron chi connectivity index (χ0n) is 9.12. The Balaban J connectivity index is 2.65. The lowest BCUT2D eigenvalue weighted by atomic mass is 9.97. The van der Waals surface area contributed by atoms with Crippen LogP contribution in [0.15, 0.2) is 24.4 Å². The normalized spacial score (nSPS) is 13.3. The standard InChI is InChI=1S/C11H15BrN2O/c1-11(2,3)10(12)14-9(15)8-6-4-5-7-13-8/h4-7,10H,1-3H3,(H,14,15). The van der Waals surface area contributed by atoms with Crippen molar-refractivity contribution in [3.05, 3.63) is 30.1 Å². The molecule has 1 aromatic rings. The molecule has 0 spiro atoms. The summed E-state index contributed by atoms with van der Waals surface area (Å²) in [6, 6.07) is 5.27. The summed E-state index contributed by atoms with van der Waals surface area (Å²) in [5, 5.41) is 2.85. The Kier molecular flexibility index (Phi) is 3.85. The molecule has 1 rings (SSSR count). The quantitative estimate of drug-likeness (QED) is 0.663. The fourth-order valence-corrected chi connectivity index (χ4v) is 1.11. The van der Waals surface area contributed by atoms with Gasteiger partial charge in [0.05, 0.1) is 4.95 Å². The number of carbonyl (C=O) groups is 1. The number of hydrogen-bond donors (Lipinski definition) is 1. The van der Waals surface area contributed by atoms with Crippen LogP contribution in [0.3, 0.4) is 0 Å². The first-order valence-electron chi connectivity index (χ1n) is 4.77. The molecular formula is C11H15BrN2O. The minimum Gasteiger partial charge on any atom is -0.338 e. The van der Waals surface area contributed by atoms with E-state index in [9.17, 15) is 4.79 Å². The number of nitrogens with zero attached hydrogens (tertiary/aromatic N) is 1. The molecule has 4 heteroatoms. The molecular weight excluding hydrogens is 256 g/mol. The molecule has 1 unspecified atom stereocenters. The molecule has 1 amide bonds. The van der Waals surface area contributed by atoms with Gasteiger partial charge in [-0.3, -0.25) is 9.78 Å². The van der Waals surface area contributed by atoms with Gasteiger partial charge < -0.3 is 5.32 Å². The lowest BCUT2D eigenvalue weighted by molar-refractivity contribution is 0.0927. The summed E-state index contributed by atoms with van der Waals surface area (Å²) in [6.45, 7) is 6.14. The maximum atomic E-state index is 11.7. The van der Waals surface area contributed by atoms with Crippen LogP contribution in [0.25, 0.3) is 0 Å². The fourth-order valence-electron chi connectivity index (χ4n) is 0.903. The maximum Gasteiger partial charge on any atom is 0.270 e. The van der Waals surface area contributed by atoms with Crippen molar-refractivity contribution < 1.29 is 4.79 Å². The van der Waals surface area contributed by atoms with Gasteiger partial charge in [-0.1, -0.05) is 42.8 Å². The topological polar surface area (TPSA) is 42.0 Å². The van der Waals surface area contributed by atoms with Crippen LogP contribution in [0.4, 0.5) is 0 Å². The number of hydrogen-bond acceptors (Lipinski definition) is 2. The first-order valence-corrected chi connectivity index (χ1v) is 5.69. The average molecular weight is 271 g/mol. The van der Waals surface area contributed by atoms with Crippen LogP contribution in [0.1, 0.15) is 31.3 Å². The number of amides is 1. The highest BCUT2D eigenvalue weighted by Gasteiger charge is 2.23. The molecule has 1 heterocycles. The molecule has 1 aromatic heterocycles. The summed E-state index contributed by atoms with van der Waals surface area (Å²) in [5.41, 5.74) is 0.413. The Hall–Kier alpha value is -0.900. The molecule has 0 aliphatic rings. The molecule has 0 saturated carbocycles. The van der Waals surface area contributed by atoms with Crippen LogP contribution in [0.5, 0.6) is 0 Å². The van der Waals surface area contributed by atoms with Gasteiger partial charge in [0.2, 0.25) is 0 Å². The molecule has 0 aliphatic carbocycles. The van der Waals surface area contributed by atoms with E-state index < -0.39 is 0 Å². The number of alkyl halides is 1. The van der Waals surface area contributed by atoms with Gasteiger partial charge in [0, 0.05) is 6.20 Å². The predicted molar refractivity (Wildman–Crippen MR) is 63.9 cm³/mol. The van der Waals surface area contributed by atoms with Gasteiger partial charge in [-0.05, 0) is 17.5 Å².